The zero-order valence-electron chi connectivity index (χ0n) is 46.8. The number of carbonyl (C=O) groups is 1. The number of aromatic amines is 1. The highest BCUT2D eigenvalue weighted by Crippen LogP contribution is 2.57. The fourth-order valence-corrected chi connectivity index (χ4v) is 14.5. The maximum absolute atomic E-state index is 15.1. The number of hydrogen-bond acceptors (Lipinski definition) is 14. The molecular weight excluding hydrogens is 1040 g/mol. The summed E-state index contributed by atoms with van der Waals surface area (Å²) in [6.07, 6.45) is 11.8. The van der Waals surface area contributed by atoms with Gasteiger partial charge in [0.15, 0.2) is 17.3 Å². The number of aromatic nitrogens is 3. The van der Waals surface area contributed by atoms with E-state index in [2.05, 4.69) is 102 Å². The third-order valence-corrected chi connectivity index (χ3v) is 19.3. The number of hydrogen-bond donors (Lipinski definition) is 5. The molecule has 6 aromatic rings. The van der Waals surface area contributed by atoms with E-state index in [0.717, 1.165) is 82.3 Å². The maximum Gasteiger partial charge on any atom is 0.268 e. The lowest BCUT2D eigenvalue weighted by atomic mass is 9.58. The summed E-state index contributed by atoms with van der Waals surface area (Å²) in [7, 11) is -1.56. The van der Waals surface area contributed by atoms with Crippen LogP contribution in [0.25, 0.3) is 11.0 Å². The van der Waals surface area contributed by atoms with Crippen LogP contribution in [0, 0.1) is 22.4 Å². The van der Waals surface area contributed by atoms with Gasteiger partial charge in [0.25, 0.3) is 21.8 Å². The van der Waals surface area contributed by atoms with Gasteiger partial charge >= 0.3 is 0 Å². The Morgan fingerprint density at radius 2 is 1.73 bits per heavy atom. The first kappa shape index (κ1) is 55.6. The first-order chi connectivity index (χ1) is 38.4. The number of hydroxylamine groups is 1. The fourth-order valence-electron chi connectivity index (χ4n) is 13.6. The van der Waals surface area contributed by atoms with Gasteiger partial charge in [0.05, 0.1) is 49.6 Å². The van der Waals surface area contributed by atoms with Gasteiger partial charge in [-0.25, -0.2) is 22.5 Å². The smallest absolute Gasteiger partial charge is 0.268 e. The number of piperidine rings is 3. The number of halogens is 1. The zero-order valence-corrected chi connectivity index (χ0v) is 47.6. The van der Waals surface area contributed by atoms with E-state index in [1.807, 2.05) is 6.92 Å². The molecule has 5 N–H and O–H groups in total. The number of nitrogens with zero attached hydrogens (tertiary/aromatic N) is 5. The summed E-state index contributed by atoms with van der Waals surface area (Å²) in [5.41, 5.74) is 4.66. The molecule has 6 aliphatic rings. The number of piperazine rings is 1. The number of rotatable bonds is 18. The zero-order chi connectivity index (χ0) is 56.1. The predicted molar refractivity (Wildman–Crippen MR) is 306 cm³/mol. The predicted octanol–water partition coefficient (Wildman–Crippen LogP) is 9.37. The van der Waals surface area contributed by atoms with Gasteiger partial charge in [0.1, 0.15) is 27.9 Å². The Hall–Kier alpha value is -6.35. The van der Waals surface area contributed by atoms with E-state index in [1.54, 1.807) is 26.2 Å². The molecule has 3 unspecified atom stereocenters. The van der Waals surface area contributed by atoms with Gasteiger partial charge in [-0.2, -0.15) is 4.98 Å². The molecule has 19 heteroatoms. The number of anilines is 2. The molecule has 80 heavy (non-hydrogen) atoms. The minimum atomic E-state index is -4.60. The molecule has 2 aliphatic carbocycles. The highest BCUT2D eigenvalue weighted by Gasteiger charge is 2.56. The number of benzene rings is 3. The summed E-state index contributed by atoms with van der Waals surface area (Å²) in [4.78, 5) is 33.6. The van der Waals surface area contributed by atoms with Gasteiger partial charge in [-0.1, -0.05) is 50.2 Å². The Balaban J connectivity index is 0.821. The van der Waals surface area contributed by atoms with Gasteiger partial charge in [-0.3, -0.25) is 14.6 Å². The lowest BCUT2D eigenvalue weighted by molar-refractivity contribution is -0.751. The third-order valence-electron chi connectivity index (χ3n) is 18.0. The minimum absolute atomic E-state index is 0.0115. The van der Waals surface area contributed by atoms with Crippen molar-refractivity contribution in [1.82, 2.24) is 29.5 Å². The van der Waals surface area contributed by atoms with Crippen molar-refractivity contribution in [2.45, 2.75) is 139 Å². The van der Waals surface area contributed by atoms with Crippen LogP contribution in [-0.4, -0.2) is 115 Å². The van der Waals surface area contributed by atoms with Crippen LogP contribution >= 0.6 is 0 Å². The molecule has 2 saturated carbocycles. The summed E-state index contributed by atoms with van der Waals surface area (Å²) in [5.74, 6) is 0.304. The van der Waals surface area contributed by atoms with Crippen LogP contribution in [0.4, 0.5) is 21.6 Å². The van der Waals surface area contributed by atoms with Gasteiger partial charge in [-0.05, 0) is 136 Å². The molecule has 1 spiro atoms. The van der Waals surface area contributed by atoms with E-state index in [0.29, 0.717) is 49.5 Å². The van der Waals surface area contributed by atoms with E-state index < -0.39 is 32.4 Å². The summed E-state index contributed by atoms with van der Waals surface area (Å²) < 4.78 is 63.3. The van der Waals surface area contributed by atoms with Crippen LogP contribution < -0.4 is 34.2 Å². The summed E-state index contributed by atoms with van der Waals surface area (Å²) in [6.45, 7) is 12.4. The first-order valence-electron chi connectivity index (χ1n) is 28.6. The number of sulfonamides is 1. The van der Waals surface area contributed by atoms with Crippen LogP contribution in [0.15, 0.2) is 96.2 Å². The number of nitrogens with one attached hydrogen (secondary N) is 4. The van der Waals surface area contributed by atoms with Crippen molar-refractivity contribution in [1.29, 1.82) is 0 Å². The summed E-state index contributed by atoms with van der Waals surface area (Å²) in [5, 5.41) is 26.3. The number of amides is 1. The lowest BCUT2D eigenvalue weighted by Crippen LogP contribution is -2.98. The number of pyridine rings is 2. The van der Waals surface area contributed by atoms with Gasteiger partial charge < -0.3 is 44.8 Å². The van der Waals surface area contributed by atoms with Crippen LogP contribution in [-0.2, 0) is 16.6 Å². The molecule has 3 aromatic heterocycles. The molecule has 2 bridgehead atoms. The quantitative estimate of drug-likeness (QED) is 0.0510. The molecule has 12 rings (SSSR count). The molecule has 7 heterocycles. The number of carbonyl (C=O) groups excluding carboxylic acids is 1. The Morgan fingerprint density at radius 1 is 0.975 bits per heavy atom. The number of H-pyrrole nitrogens is 1. The molecule has 426 valence electrons. The lowest BCUT2D eigenvalue weighted by Gasteiger charge is -2.64. The topological polar surface area (TPSA) is 202 Å². The van der Waals surface area contributed by atoms with Crippen LogP contribution in [0.3, 0.4) is 0 Å². The van der Waals surface area contributed by atoms with Gasteiger partial charge in [-0.15, -0.1) is 0 Å². The minimum Gasteiger partial charge on any atom is -0.629 e. The molecule has 4 saturated heterocycles. The number of methoxy groups -OCH3 is 1. The molecule has 1 amide bonds. The molecule has 3 aromatic carbocycles. The number of fused-ring (bicyclic) bond motifs is 4. The third kappa shape index (κ3) is 11.3. The monoisotopic (exact) mass is 1110 g/mol. The molecule has 4 aliphatic heterocycles. The average Bonchev–Trinajstić information content (AvgIpc) is 3.87. The average molecular weight is 1110 g/mol. The van der Waals surface area contributed by atoms with Crippen LogP contribution in [0.5, 0.6) is 23.1 Å². The second-order valence-corrected chi connectivity index (χ2v) is 25.4. The number of ether oxygens (including phenoxy) is 3. The van der Waals surface area contributed by atoms with Crippen molar-refractivity contribution in [3.8, 4) is 23.1 Å². The second-order valence-electron chi connectivity index (χ2n) is 23.7. The van der Waals surface area contributed by atoms with Crippen LogP contribution in [0.1, 0.15) is 131 Å². The SMILES string of the molecule is CCOc1nc2[nH]cc(F)c2cc1Oc1cc(N2CCC3(CC2)CC(N2C4CCC([C@H]2c2ccccc2C(C)C)N(Cc2ccc(OC)cc2)C4)C3)ccc1C(=O)NS(=O)(=O)c1cnc(NC[C@H]2CC[C@](C)(O)CC2)c([NH+](C)[O-])c1. The number of aliphatic hydroxyl groups is 1. The van der Waals surface area contributed by atoms with Crippen molar-refractivity contribution < 1.29 is 42.0 Å². The summed E-state index contributed by atoms with van der Waals surface area (Å²) >= 11 is 0. The van der Waals surface area contributed by atoms with E-state index in [1.165, 1.54) is 61.0 Å². The molecular formula is C61H76FN9O8S. The molecule has 4 atom stereocenters. The number of quaternary nitrogens is 1. The highest BCUT2D eigenvalue weighted by atomic mass is 32.2. The van der Waals surface area contributed by atoms with E-state index in [9.17, 15) is 23.5 Å². The van der Waals surface area contributed by atoms with E-state index in [4.69, 9.17) is 14.2 Å². The molecule has 6 fully saturated rings. The summed E-state index contributed by atoms with van der Waals surface area (Å²) in [6, 6.07) is 27.0. The Morgan fingerprint density at radius 3 is 2.44 bits per heavy atom. The van der Waals surface area contributed by atoms with Crippen molar-refractivity contribution in [2.24, 2.45) is 11.3 Å². The second kappa shape index (κ2) is 22.5. The Kier molecular flexibility index (Phi) is 15.6. The fraction of sp³-hybridized carbons (Fsp3) is 0.492. The van der Waals surface area contributed by atoms with Crippen molar-refractivity contribution >= 4 is 44.2 Å². The molecule has 0 radical (unpaired) electrons. The van der Waals surface area contributed by atoms with Gasteiger partial charge in [0.2, 0.25) is 0 Å². The van der Waals surface area contributed by atoms with Crippen molar-refractivity contribution in [3.05, 3.63) is 125 Å². The Labute approximate surface area is 468 Å². The largest absolute Gasteiger partial charge is 0.629 e. The van der Waals surface area contributed by atoms with Gasteiger partial charge in [0, 0.05) is 80.9 Å². The Bertz CT molecular complexity index is 3310. The first-order valence-corrected chi connectivity index (χ1v) is 30.0. The normalized spacial score (nSPS) is 23.8. The maximum atomic E-state index is 15.1. The molecule has 17 nitrogen and oxygen atoms in total. The van der Waals surface area contributed by atoms with E-state index in [-0.39, 0.29) is 68.3 Å². The van der Waals surface area contributed by atoms with Crippen molar-refractivity contribution in [3.63, 3.8) is 0 Å². The van der Waals surface area contributed by atoms with Crippen LogP contribution in [0.2, 0.25) is 0 Å². The highest BCUT2D eigenvalue weighted by molar-refractivity contribution is 7.90. The standard InChI is InChI=1S/C61H76FN9O8S/c1-7-78-59-54(30-49-50(62)35-65-56(49)66-59)79-53-28-41(14-18-48(53)58(72)67-80(75,76)45-29-52(68(5)74)57(64-34-45)63-33-39-20-22-60(4,73)23-21-39)69-26-24-61(25-27-69)31-43(32-61)71-42-15-19-51(55(71)47-11-9-8-10-46(47)38(2)3)70(37-42)36-40-12-16-44(77-6)17-13-40/h8-14,16-18,28-30,34-35,38-39,42-43,51,55,68,73H,7,15,19-27,31-33,36-37H2,1-6H3,(H,63,64)(H,65,66)(H,67,72)/t39-,42?,51?,55-,60-/m1/s1. The van der Waals surface area contributed by atoms with Crippen molar-refractivity contribution in [2.75, 3.05) is 57.2 Å². The van der Waals surface area contributed by atoms with E-state index >= 15 is 4.39 Å².